The standard InChI is InChI=1S/C22H27BO4/c1-21(2)22(3,4)27-23(26-21)19(15-24)14-17-10-12-20(13-11-17)25-16-18-8-6-5-7-9-18/h5-14,24H,15-16H2,1-4H3. The predicted octanol–water partition coefficient (Wildman–Crippen LogP) is 4.27. The number of aliphatic hydroxyl groups excluding tert-OH is 1. The summed E-state index contributed by atoms with van der Waals surface area (Å²) in [6, 6.07) is 17.8. The summed E-state index contributed by atoms with van der Waals surface area (Å²) >= 11 is 0. The summed E-state index contributed by atoms with van der Waals surface area (Å²) in [5, 5.41) is 9.80. The highest BCUT2D eigenvalue weighted by Crippen LogP contribution is 2.38. The number of aliphatic hydroxyl groups is 1. The van der Waals surface area contributed by atoms with Crippen LogP contribution in [0, 0.1) is 0 Å². The zero-order valence-corrected chi connectivity index (χ0v) is 16.4. The Morgan fingerprint density at radius 3 is 2.11 bits per heavy atom. The van der Waals surface area contributed by atoms with E-state index in [1.165, 1.54) is 0 Å². The zero-order chi connectivity index (χ0) is 19.5. The van der Waals surface area contributed by atoms with E-state index in [2.05, 4.69) is 0 Å². The fraction of sp³-hybridized carbons (Fsp3) is 0.364. The van der Waals surface area contributed by atoms with Crippen molar-refractivity contribution in [3.63, 3.8) is 0 Å². The minimum absolute atomic E-state index is 0.122. The molecule has 0 amide bonds. The summed E-state index contributed by atoms with van der Waals surface area (Å²) in [5.41, 5.74) is 1.93. The van der Waals surface area contributed by atoms with Gasteiger partial charge in [-0.3, -0.25) is 0 Å². The first-order valence-corrected chi connectivity index (χ1v) is 9.24. The molecule has 0 spiro atoms. The van der Waals surface area contributed by atoms with Crippen LogP contribution in [0.2, 0.25) is 0 Å². The number of benzene rings is 2. The van der Waals surface area contributed by atoms with E-state index >= 15 is 0 Å². The van der Waals surface area contributed by atoms with Gasteiger partial charge in [-0.2, -0.15) is 0 Å². The molecule has 27 heavy (non-hydrogen) atoms. The van der Waals surface area contributed by atoms with Crippen LogP contribution in [0.25, 0.3) is 6.08 Å². The number of ether oxygens (including phenoxy) is 1. The SMILES string of the molecule is CC1(C)OB(C(=Cc2ccc(OCc3ccccc3)cc2)CO)OC1(C)C. The summed E-state index contributed by atoms with van der Waals surface area (Å²) in [6.07, 6.45) is 1.91. The average Bonchev–Trinajstić information content (AvgIpc) is 2.87. The van der Waals surface area contributed by atoms with E-state index < -0.39 is 18.3 Å². The third-order valence-electron chi connectivity index (χ3n) is 5.22. The molecule has 0 saturated carbocycles. The fourth-order valence-electron chi connectivity index (χ4n) is 2.80. The first-order chi connectivity index (χ1) is 12.8. The second-order valence-electron chi connectivity index (χ2n) is 7.81. The van der Waals surface area contributed by atoms with Crippen LogP contribution in [-0.2, 0) is 15.9 Å². The van der Waals surface area contributed by atoms with E-state index in [1.54, 1.807) is 0 Å². The highest BCUT2D eigenvalue weighted by molar-refractivity contribution is 6.55. The second-order valence-corrected chi connectivity index (χ2v) is 7.81. The van der Waals surface area contributed by atoms with Gasteiger partial charge in [0, 0.05) is 0 Å². The van der Waals surface area contributed by atoms with Crippen molar-refractivity contribution in [2.24, 2.45) is 0 Å². The van der Waals surface area contributed by atoms with Gasteiger partial charge in [0.25, 0.3) is 0 Å². The molecule has 1 fully saturated rings. The van der Waals surface area contributed by atoms with Crippen molar-refractivity contribution >= 4 is 13.2 Å². The zero-order valence-electron chi connectivity index (χ0n) is 16.4. The summed E-state index contributed by atoms with van der Waals surface area (Å²) in [4.78, 5) is 0. The molecule has 1 heterocycles. The van der Waals surface area contributed by atoms with Crippen LogP contribution in [0.3, 0.4) is 0 Å². The Hall–Kier alpha value is -2.08. The van der Waals surface area contributed by atoms with Crippen molar-refractivity contribution in [3.8, 4) is 5.75 Å². The highest BCUT2D eigenvalue weighted by Gasteiger charge is 2.52. The Balaban J connectivity index is 1.67. The topological polar surface area (TPSA) is 47.9 Å². The summed E-state index contributed by atoms with van der Waals surface area (Å²) in [6.45, 7) is 8.42. The number of hydrogen-bond donors (Lipinski definition) is 1. The molecule has 142 valence electrons. The van der Waals surface area contributed by atoms with Gasteiger partial charge in [-0.15, -0.1) is 0 Å². The molecule has 4 nitrogen and oxygen atoms in total. The maximum atomic E-state index is 9.80. The van der Waals surface area contributed by atoms with Crippen molar-refractivity contribution in [2.45, 2.75) is 45.5 Å². The highest BCUT2D eigenvalue weighted by atomic mass is 16.7. The quantitative estimate of drug-likeness (QED) is 0.776. The van der Waals surface area contributed by atoms with Gasteiger partial charge in [0.1, 0.15) is 12.4 Å². The molecule has 1 aliphatic heterocycles. The number of rotatable bonds is 6. The monoisotopic (exact) mass is 366 g/mol. The van der Waals surface area contributed by atoms with E-state index in [-0.39, 0.29) is 6.61 Å². The van der Waals surface area contributed by atoms with Crippen LogP contribution in [0.5, 0.6) is 5.75 Å². The lowest BCUT2D eigenvalue weighted by molar-refractivity contribution is 0.00578. The lowest BCUT2D eigenvalue weighted by Gasteiger charge is -2.32. The predicted molar refractivity (Wildman–Crippen MR) is 108 cm³/mol. The van der Waals surface area contributed by atoms with Crippen molar-refractivity contribution in [1.82, 2.24) is 0 Å². The lowest BCUT2D eigenvalue weighted by atomic mass is 9.77. The van der Waals surface area contributed by atoms with E-state index in [0.29, 0.717) is 12.1 Å². The first-order valence-electron chi connectivity index (χ1n) is 9.24. The van der Waals surface area contributed by atoms with E-state index in [9.17, 15) is 5.11 Å². The molecular weight excluding hydrogens is 339 g/mol. The van der Waals surface area contributed by atoms with E-state index in [0.717, 1.165) is 16.9 Å². The molecule has 2 aromatic rings. The normalized spacial score (nSPS) is 18.6. The van der Waals surface area contributed by atoms with Crippen LogP contribution in [0.15, 0.2) is 60.1 Å². The Bertz CT molecular complexity index is 766. The third-order valence-corrected chi connectivity index (χ3v) is 5.22. The Morgan fingerprint density at radius 2 is 1.56 bits per heavy atom. The van der Waals surface area contributed by atoms with Crippen molar-refractivity contribution in [3.05, 3.63) is 71.2 Å². The van der Waals surface area contributed by atoms with Crippen molar-refractivity contribution in [2.75, 3.05) is 6.61 Å². The summed E-state index contributed by atoms with van der Waals surface area (Å²) < 4.78 is 17.9. The van der Waals surface area contributed by atoms with Crippen molar-refractivity contribution in [1.29, 1.82) is 0 Å². The van der Waals surface area contributed by atoms with E-state index in [1.807, 2.05) is 88.4 Å². The molecule has 0 radical (unpaired) electrons. The minimum Gasteiger partial charge on any atom is -0.489 e. The van der Waals surface area contributed by atoms with Crippen LogP contribution >= 0.6 is 0 Å². The first kappa shape index (κ1) is 19.7. The largest absolute Gasteiger partial charge is 0.492 e. The summed E-state index contributed by atoms with van der Waals surface area (Å²) in [5.74, 6) is 0.803. The molecule has 0 unspecified atom stereocenters. The molecule has 0 bridgehead atoms. The maximum Gasteiger partial charge on any atom is 0.492 e. The van der Waals surface area contributed by atoms with Crippen LogP contribution in [0.1, 0.15) is 38.8 Å². The van der Waals surface area contributed by atoms with Crippen LogP contribution < -0.4 is 4.74 Å². The van der Waals surface area contributed by atoms with E-state index in [4.69, 9.17) is 14.0 Å². The van der Waals surface area contributed by atoms with Gasteiger partial charge in [0.05, 0.1) is 17.8 Å². The lowest BCUT2D eigenvalue weighted by Crippen LogP contribution is -2.41. The third kappa shape index (κ3) is 4.61. The average molecular weight is 366 g/mol. The van der Waals surface area contributed by atoms with Gasteiger partial charge in [-0.1, -0.05) is 48.5 Å². The fourth-order valence-corrected chi connectivity index (χ4v) is 2.80. The van der Waals surface area contributed by atoms with Gasteiger partial charge in [-0.25, -0.2) is 0 Å². The summed E-state index contributed by atoms with van der Waals surface area (Å²) in [7, 11) is -0.547. The van der Waals surface area contributed by atoms with Gasteiger partial charge in [0.15, 0.2) is 0 Å². The molecule has 1 N–H and O–H groups in total. The Morgan fingerprint density at radius 1 is 0.963 bits per heavy atom. The number of hydrogen-bond acceptors (Lipinski definition) is 4. The van der Waals surface area contributed by atoms with Crippen LogP contribution in [-0.4, -0.2) is 30.0 Å². The van der Waals surface area contributed by atoms with Gasteiger partial charge in [-0.05, 0) is 56.4 Å². The Labute approximate surface area is 161 Å². The maximum absolute atomic E-state index is 9.80. The molecule has 0 aliphatic carbocycles. The van der Waals surface area contributed by atoms with Crippen molar-refractivity contribution < 1.29 is 19.2 Å². The molecule has 3 rings (SSSR count). The smallest absolute Gasteiger partial charge is 0.489 e. The molecular formula is C22H27BO4. The molecule has 0 aromatic heterocycles. The Kier molecular flexibility index (Phi) is 5.75. The van der Waals surface area contributed by atoms with Gasteiger partial charge in [0.2, 0.25) is 0 Å². The molecule has 1 aliphatic rings. The molecule has 2 aromatic carbocycles. The molecule has 1 saturated heterocycles. The molecule has 0 atom stereocenters. The van der Waals surface area contributed by atoms with Gasteiger partial charge >= 0.3 is 7.12 Å². The van der Waals surface area contributed by atoms with Crippen LogP contribution in [0.4, 0.5) is 0 Å². The molecule has 5 heteroatoms. The second kappa shape index (κ2) is 7.89. The minimum atomic E-state index is -0.547. The van der Waals surface area contributed by atoms with Gasteiger partial charge < -0.3 is 19.2 Å².